The summed E-state index contributed by atoms with van der Waals surface area (Å²) in [4.78, 5) is 12.0. The van der Waals surface area contributed by atoms with Gasteiger partial charge in [0.05, 0.1) is 19.0 Å². The Hall–Kier alpha value is -2.71. The number of sulfonamides is 1. The molecule has 0 radical (unpaired) electrons. The highest BCUT2D eigenvalue weighted by Gasteiger charge is 2.19. The lowest BCUT2D eigenvalue weighted by Crippen LogP contribution is -2.40. The number of amides is 1. The van der Waals surface area contributed by atoms with Gasteiger partial charge in [-0.05, 0) is 24.1 Å². The maximum Gasteiger partial charge on any atom is 0.255 e. The van der Waals surface area contributed by atoms with Crippen molar-refractivity contribution in [3.63, 3.8) is 0 Å². The molecule has 0 aliphatic carbocycles. The first kappa shape index (κ1) is 19.6. The molecule has 0 saturated carbocycles. The normalized spacial score (nSPS) is 11.8. The van der Waals surface area contributed by atoms with Crippen molar-refractivity contribution in [2.45, 2.75) is 6.42 Å². The Morgan fingerprint density at radius 3 is 2.46 bits per heavy atom. The van der Waals surface area contributed by atoms with Gasteiger partial charge in [0.2, 0.25) is 10.0 Å². The first-order valence-electron chi connectivity index (χ1n) is 7.95. The van der Waals surface area contributed by atoms with Crippen LogP contribution in [0.4, 0.5) is 0 Å². The first-order chi connectivity index (χ1) is 12.4. The highest BCUT2D eigenvalue weighted by molar-refractivity contribution is 7.88. The molecule has 1 amide bonds. The summed E-state index contributed by atoms with van der Waals surface area (Å²) in [6.07, 6.45) is 2.86. The molecule has 26 heavy (non-hydrogen) atoms. The van der Waals surface area contributed by atoms with Crippen LogP contribution in [0, 0.1) is 0 Å². The minimum absolute atomic E-state index is 0.0334. The Morgan fingerprint density at radius 1 is 1.15 bits per heavy atom. The van der Waals surface area contributed by atoms with Crippen LogP contribution in [0.2, 0.25) is 0 Å². The Bertz CT molecular complexity index is 867. The van der Waals surface area contributed by atoms with E-state index in [4.69, 9.17) is 0 Å². The molecule has 0 heterocycles. The largest absolute Gasteiger partial charge is 0.507 e. The number of benzene rings is 2. The van der Waals surface area contributed by atoms with Crippen LogP contribution in [0.15, 0.2) is 59.7 Å². The van der Waals surface area contributed by atoms with Crippen LogP contribution in [-0.2, 0) is 21.2 Å². The monoisotopic (exact) mass is 375 g/mol. The summed E-state index contributed by atoms with van der Waals surface area (Å²) in [5.74, 6) is -0.527. The average Bonchev–Trinajstić information content (AvgIpc) is 2.60. The maximum absolute atomic E-state index is 12.0. The van der Waals surface area contributed by atoms with Crippen LogP contribution < -0.4 is 5.43 Å². The first-order valence-corrected chi connectivity index (χ1v) is 9.80. The minimum Gasteiger partial charge on any atom is -0.507 e. The van der Waals surface area contributed by atoms with E-state index in [1.807, 2.05) is 30.3 Å². The fourth-order valence-electron chi connectivity index (χ4n) is 2.23. The fourth-order valence-corrected chi connectivity index (χ4v) is 3.00. The van der Waals surface area contributed by atoms with Crippen molar-refractivity contribution in [1.82, 2.24) is 9.73 Å². The molecule has 8 heteroatoms. The lowest BCUT2D eigenvalue weighted by molar-refractivity contribution is -0.121. The molecule has 138 valence electrons. The number of phenolic OH excluding ortho intramolecular Hbond substituents is 1. The van der Waals surface area contributed by atoms with Crippen LogP contribution >= 0.6 is 0 Å². The van der Waals surface area contributed by atoms with Crippen LogP contribution in [0.1, 0.15) is 11.1 Å². The van der Waals surface area contributed by atoms with E-state index in [2.05, 4.69) is 10.5 Å². The topological polar surface area (TPSA) is 99.1 Å². The predicted molar refractivity (Wildman–Crippen MR) is 100 cm³/mol. The third-order valence-corrected chi connectivity index (χ3v) is 4.86. The van der Waals surface area contributed by atoms with Gasteiger partial charge in [0, 0.05) is 12.1 Å². The quantitative estimate of drug-likeness (QED) is 0.537. The van der Waals surface area contributed by atoms with Crippen LogP contribution in [-0.4, -0.2) is 49.3 Å². The molecule has 0 unspecified atom stereocenters. The standard InChI is InChI=1S/C18H21N3O4S/c1-26(24,25)21(12-11-15-7-3-2-4-8-15)14-18(23)20-19-13-16-9-5-6-10-17(16)22/h2-10,13,22H,11-12,14H2,1H3,(H,20,23)/b19-13+. The lowest BCUT2D eigenvalue weighted by atomic mass is 10.1. The summed E-state index contributed by atoms with van der Waals surface area (Å²) < 4.78 is 24.9. The molecule has 2 rings (SSSR count). The molecule has 0 spiro atoms. The smallest absolute Gasteiger partial charge is 0.255 e. The molecule has 0 aromatic heterocycles. The van der Waals surface area contributed by atoms with Crippen molar-refractivity contribution in [3.05, 3.63) is 65.7 Å². The number of para-hydroxylation sites is 1. The maximum atomic E-state index is 12.0. The molecule has 0 fully saturated rings. The SMILES string of the molecule is CS(=O)(=O)N(CCc1ccccc1)CC(=O)N/N=C/c1ccccc1O. The summed E-state index contributed by atoms with van der Waals surface area (Å²) in [5, 5.41) is 13.4. The van der Waals surface area contributed by atoms with Gasteiger partial charge >= 0.3 is 0 Å². The zero-order chi connectivity index (χ0) is 19.0. The Balaban J connectivity index is 1.93. The number of rotatable bonds is 8. The molecule has 2 aromatic carbocycles. The number of phenols is 1. The van der Waals surface area contributed by atoms with Gasteiger partial charge in [-0.25, -0.2) is 13.8 Å². The van der Waals surface area contributed by atoms with E-state index in [1.54, 1.807) is 18.2 Å². The van der Waals surface area contributed by atoms with E-state index in [9.17, 15) is 18.3 Å². The Morgan fingerprint density at radius 2 is 1.81 bits per heavy atom. The number of hydrogen-bond acceptors (Lipinski definition) is 5. The number of aromatic hydroxyl groups is 1. The number of nitrogens with one attached hydrogen (secondary N) is 1. The van der Waals surface area contributed by atoms with Crippen LogP contribution in [0.5, 0.6) is 5.75 Å². The zero-order valence-corrected chi connectivity index (χ0v) is 15.2. The second-order valence-corrected chi connectivity index (χ2v) is 7.67. The number of hydrazone groups is 1. The molecule has 0 aliphatic rings. The summed E-state index contributed by atoms with van der Waals surface area (Å²) in [6.45, 7) is -0.136. The molecular formula is C18H21N3O4S. The molecule has 2 N–H and O–H groups in total. The van der Waals surface area contributed by atoms with Crippen molar-refractivity contribution < 1.29 is 18.3 Å². The van der Waals surface area contributed by atoms with E-state index in [0.717, 1.165) is 16.1 Å². The van der Waals surface area contributed by atoms with Gasteiger partial charge in [0.1, 0.15) is 5.75 Å². The highest BCUT2D eigenvalue weighted by atomic mass is 32.2. The van der Waals surface area contributed by atoms with Crippen LogP contribution in [0.3, 0.4) is 0 Å². The average molecular weight is 375 g/mol. The van der Waals surface area contributed by atoms with Gasteiger partial charge in [-0.3, -0.25) is 4.79 Å². The van der Waals surface area contributed by atoms with Crippen molar-refractivity contribution in [1.29, 1.82) is 0 Å². The summed E-state index contributed by atoms with van der Waals surface area (Å²) in [5.41, 5.74) is 3.70. The van der Waals surface area contributed by atoms with Crippen molar-refractivity contribution in [2.75, 3.05) is 19.3 Å². The van der Waals surface area contributed by atoms with E-state index >= 15 is 0 Å². The predicted octanol–water partition coefficient (Wildman–Crippen LogP) is 1.35. The van der Waals surface area contributed by atoms with E-state index in [1.165, 1.54) is 12.3 Å². The molecule has 0 saturated heterocycles. The van der Waals surface area contributed by atoms with E-state index < -0.39 is 15.9 Å². The van der Waals surface area contributed by atoms with Crippen molar-refractivity contribution >= 4 is 22.1 Å². The number of carbonyl (C=O) groups excluding carboxylic acids is 1. The third kappa shape index (κ3) is 6.30. The van der Waals surface area contributed by atoms with Gasteiger partial charge in [0.15, 0.2) is 0 Å². The van der Waals surface area contributed by atoms with E-state index in [0.29, 0.717) is 12.0 Å². The van der Waals surface area contributed by atoms with Gasteiger partial charge in [-0.2, -0.15) is 9.41 Å². The van der Waals surface area contributed by atoms with Gasteiger partial charge in [-0.1, -0.05) is 42.5 Å². The summed E-state index contributed by atoms with van der Waals surface area (Å²) in [7, 11) is -3.53. The lowest BCUT2D eigenvalue weighted by Gasteiger charge is -2.18. The second-order valence-electron chi connectivity index (χ2n) is 5.68. The molecule has 7 nitrogen and oxygen atoms in total. The molecular weight excluding hydrogens is 354 g/mol. The fraction of sp³-hybridized carbons (Fsp3) is 0.222. The van der Waals surface area contributed by atoms with Crippen molar-refractivity contribution in [2.24, 2.45) is 5.10 Å². The molecule has 0 atom stereocenters. The molecule has 0 aliphatic heterocycles. The Kier molecular flexibility index (Phi) is 6.88. The molecule has 0 bridgehead atoms. The van der Waals surface area contributed by atoms with Gasteiger partial charge in [0.25, 0.3) is 5.91 Å². The highest BCUT2D eigenvalue weighted by Crippen LogP contribution is 2.12. The summed E-state index contributed by atoms with van der Waals surface area (Å²) >= 11 is 0. The van der Waals surface area contributed by atoms with Gasteiger partial charge < -0.3 is 5.11 Å². The zero-order valence-electron chi connectivity index (χ0n) is 14.4. The number of hydrogen-bond donors (Lipinski definition) is 2. The van der Waals surface area contributed by atoms with Gasteiger partial charge in [-0.15, -0.1) is 0 Å². The van der Waals surface area contributed by atoms with Crippen LogP contribution in [0.25, 0.3) is 0 Å². The van der Waals surface area contributed by atoms with Crippen molar-refractivity contribution in [3.8, 4) is 5.75 Å². The minimum atomic E-state index is -3.53. The number of nitrogens with zero attached hydrogens (tertiary/aromatic N) is 2. The Labute approximate surface area is 153 Å². The molecule has 2 aromatic rings. The summed E-state index contributed by atoms with van der Waals surface area (Å²) in [6, 6.07) is 16.0. The second kappa shape index (κ2) is 9.12. The number of carbonyl (C=O) groups is 1. The van der Waals surface area contributed by atoms with E-state index in [-0.39, 0.29) is 18.8 Å². The third-order valence-electron chi connectivity index (χ3n) is 3.61.